The van der Waals surface area contributed by atoms with Gasteiger partial charge in [-0.3, -0.25) is 14.8 Å². The predicted molar refractivity (Wildman–Crippen MR) is 97.4 cm³/mol. The van der Waals surface area contributed by atoms with E-state index in [9.17, 15) is 22.8 Å². The monoisotopic (exact) mass is 410 g/mol. The van der Waals surface area contributed by atoms with Crippen molar-refractivity contribution >= 4 is 23.6 Å². The summed E-state index contributed by atoms with van der Waals surface area (Å²) in [6, 6.07) is 12.5. The molecule has 2 atom stereocenters. The van der Waals surface area contributed by atoms with Crippen LogP contribution >= 0.6 is 11.8 Å². The summed E-state index contributed by atoms with van der Waals surface area (Å²) in [5.41, 5.74) is 2.07. The number of hydrogen-bond donors (Lipinski definition) is 2. The van der Waals surface area contributed by atoms with Gasteiger partial charge in [0, 0.05) is 6.42 Å². The van der Waals surface area contributed by atoms with Gasteiger partial charge in [0.05, 0.1) is 11.3 Å². The zero-order valence-electron chi connectivity index (χ0n) is 14.5. The molecule has 1 fully saturated rings. The second-order valence-corrected chi connectivity index (χ2v) is 7.33. The lowest BCUT2D eigenvalue weighted by Gasteiger charge is -2.31. The molecule has 2 aromatic carbocycles. The molecule has 5 nitrogen and oxygen atoms in total. The molecule has 1 heterocycles. The summed E-state index contributed by atoms with van der Waals surface area (Å²) in [5.74, 6) is -0.980. The van der Waals surface area contributed by atoms with Crippen LogP contribution < -0.4 is 5.48 Å². The molecule has 2 amide bonds. The van der Waals surface area contributed by atoms with Gasteiger partial charge in [-0.2, -0.15) is 13.2 Å². The average molecular weight is 410 g/mol. The number of carbonyl (C=O) groups is 2. The molecule has 2 unspecified atom stereocenters. The predicted octanol–water partition coefficient (Wildman–Crippen LogP) is 3.40. The minimum Gasteiger partial charge on any atom is -0.313 e. The molecule has 0 bridgehead atoms. The molecule has 0 radical (unpaired) electrons. The van der Waals surface area contributed by atoms with E-state index in [2.05, 4.69) is 0 Å². The Morgan fingerprint density at radius 3 is 2.39 bits per heavy atom. The standard InChI is InChI=1S/C19H17F3N2O3S/c20-19(21,22)14-8-6-13(7-9-14)18-24(16(25)11-28-18)15(17(26)23-27)10-12-4-2-1-3-5-12/h1-9,15,18,27H,10-11H2,(H,23,26). The van der Waals surface area contributed by atoms with Crippen molar-refractivity contribution in [3.8, 4) is 0 Å². The number of carbonyl (C=O) groups excluding carboxylic acids is 2. The first kappa shape index (κ1) is 20.2. The molecule has 1 aliphatic heterocycles. The Morgan fingerprint density at radius 2 is 1.82 bits per heavy atom. The molecular weight excluding hydrogens is 393 g/mol. The molecule has 0 aromatic heterocycles. The fourth-order valence-corrected chi connectivity index (χ4v) is 4.32. The van der Waals surface area contributed by atoms with Crippen LogP contribution in [0.5, 0.6) is 0 Å². The first-order chi connectivity index (χ1) is 13.3. The Morgan fingerprint density at radius 1 is 1.18 bits per heavy atom. The zero-order chi connectivity index (χ0) is 20.3. The normalized spacial score (nSPS) is 18.2. The summed E-state index contributed by atoms with van der Waals surface area (Å²) < 4.78 is 38.4. The Hall–Kier alpha value is -2.52. The molecule has 2 aromatic rings. The smallest absolute Gasteiger partial charge is 0.313 e. The van der Waals surface area contributed by atoms with E-state index in [-0.39, 0.29) is 18.1 Å². The molecule has 28 heavy (non-hydrogen) atoms. The molecule has 0 aliphatic carbocycles. The van der Waals surface area contributed by atoms with Crippen molar-refractivity contribution in [1.82, 2.24) is 10.4 Å². The second-order valence-electron chi connectivity index (χ2n) is 6.27. The maximum Gasteiger partial charge on any atom is 0.416 e. The molecule has 2 N–H and O–H groups in total. The van der Waals surface area contributed by atoms with Gasteiger partial charge in [-0.1, -0.05) is 42.5 Å². The highest BCUT2D eigenvalue weighted by Crippen LogP contribution is 2.41. The number of thioether (sulfide) groups is 1. The van der Waals surface area contributed by atoms with Crippen molar-refractivity contribution < 1.29 is 28.0 Å². The summed E-state index contributed by atoms with van der Waals surface area (Å²) in [5, 5.41) is 8.52. The fraction of sp³-hybridized carbons (Fsp3) is 0.263. The fourth-order valence-electron chi connectivity index (χ4n) is 3.10. The van der Waals surface area contributed by atoms with Gasteiger partial charge in [0.1, 0.15) is 11.4 Å². The summed E-state index contributed by atoms with van der Waals surface area (Å²) >= 11 is 1.23. The highest BCUT2D eigenvalue weighted by Gasteiger charge is 2.41. The van der Waals surface area contributed by atoms with Crippen LogP contribution in [0.15, 0.2) is 54.6 Å². The van der Waals surface area contributed by atoms with Gasteiger partial charge in [0.15, 0.2) is 0 Å². The largest absolute Gasteiger partial charge is 0.416 e. The number of nitrogens with zero attached hydrogens (tertiary/aromatic N) is 1. The molecule has 0 spiro atoms. The van der Waals surface area contributed by atoms with Crippen LogP contribution in [0.1, 0.15) is 22.1 Å². The number of hydrogen-bond acceptors (Lipinski definition) is 4. The van der Waals surface area contributed by atoms with Gasteiger partial charge in [0.2, 0.25) is 5.91 Å². The summed E-state index contributed by atoms with van der Waals surface area (Å²) in [6.07, 6.45) is -4.29. The lowest BCUT2D eigenvalue weighted by molar-refractivity contribution is -0.143. The first-order valence-electron chi connectivity index (χ1n) is 8.39. The maximum atomic E-state index is 12.8. The van der Waals surface area contributed by atoms with E-state index in [0.717, 1.165) is 17.7 Å². The lowest BCUT2D eigenvalue weighted by atomic mass is 10.0. The quantitative estimate of drug-likeness (QED) is 0.586. The second kappa shape index (κ2) is 8.24. The minimum atomic E-state index is -4.45. The number of halogens is 3. The number of alkyl halides is 3. The van der Waals surface area contributed by atoms with E-state index in [4.69, 9.17) is 5.21 Å². The van der Waals surface area contributed by atoms with Crippen molar-refractivity contribution in [2.45, 2.75) is 24.0 Å². The van der Waals surface area contributed by atoms with Crippen LogP contribution in [0.4, 0.5) is 13.2 Å². The van der Waals surface area contributed by atoms with Gasteiger partial charge in [-0.25, -0.2) is 5.48 Å². The third kappa shape index (κ3) is 4.31. The topological polar surface area (TPSA) is 69.6 Å². The van der Waals surface area contributed by atoms with E-state index in [1.165, 1.54) is 28.8 Å². The van der Waals surface area contributed by atoms with E-state index in [1.807, 2.05) is 6.07 Å². The van der Waals surface area contributed by atoms with Crippen molar-refractivity contribution in [2.75, 3.05) is 5.75 Å². The van der Waals surface area contributed by atoms with Crippen LogP contribution in [-0.4, -0.2) is 33.7 Å². The summed E-state index contributed by atoms with van der Waals surface area (Å²) in [6.45, 7) is 0. The third-order valence-corrected chi connectivity index (χ3v) is 5.68. The zero-order valence-corrected chi connectivity index (χ0v) is 15.3. The molecule has 148 valence electrons. The maximum absolute atomic E-state index is 12.8. The minimum absolute atomic E-state index is 0.0929. The van der Waals surface area contributed by atoms with Crippen LogP contribution in [0.25, 0.3) is 0 Å². The van der Waals surface area contributed by atoms with Crippen molar-refractivity contribution in [2.24, 2.45) is 0 Å². The lowest BCUT2D eigenvalue weighted by Crippen LogP contribution is -2.49. The van der Waals surface area contributed by atoms with Crippen molar-refractivity contribution in [1.29, 1.82) is 0 Å². The van der Waals surface area contributed by atoms with Crippen LogP contribution in [0, 0.1) is 0 Å². The number of rotatable bonds is 5. The van der Waals surface area contributed by atoms with E-state index < -0.39 is 29.1 Å². The Balaban J connectivity index is 1.91. The van der Waals surface area contributed by atoms with Crippen LogP contribution in [0.3, 0.4) is 0 Å². The third-order valence-electron chi connectivity index (χ3n) is 4.45. The van der Waals surface area contributed by atoms with Gasteiger partial charge in [-0.05, 0) is 23.3 Å². The van der Waals surface area contributed by atoms with Gasteiger partial charge in [0.25, 0.3) is 5.91 Å². The van der Waals surface area contributed by atoms with Gasteiger partial charge in [-0.15, -0.1) is 11.8 Å². The Bertz CT molecular complexity index is 844. The molecule has 1 aliphatic rings. The van der Waals surface area contributed by atoms with Crippen molar-refractivity contribution in [3.63, 3.8) is 0 Å². The average Bonchev–Trinajstić information content (AvgIpc) is 3.07. The number of nitrogens with one attached hydrogen (secondary N) is 1. The SMILES string of the molecule is O=C(NO)C(Cc1ccccc1)N1C(=O)CSC1c1ccc(C(F)(F)F)cc1. The molecular formula is C19H17F3N2O3S. The molecule has 1 saturated heterocycles. The molecule has 9 heteroatoms. The highest BCUT2D eigenvalue weighted by atomic mass is 32.2. The van der Waals surface area contributed by atoms with E-state index >= 15 is 0 Å². The van der Waals surface area contributed by atoms with Gasteiger partial charge < -0.3 is 4.90 Å². The Labute approximate surface area is 163 Å². The van der Waals surface area contributed by atoms with Gasteiger partial charge >= 0.3 is 6.18 Å². The summed E-state index contributed by atoms with van der Waals surface area (Å²) in [7, 11) is 0. The van der Waals surface area contributed by atoms with Crippen molar-refractivity contribution in [3.05, 3.63) is 71.3 Å². The number of benzene rings is 2. The summed E-state index contributed by atoms with van der Waals surface area (Å²) in [4.78, 5) is 26.1. The molecule has 0 saturated carbocycles. The van der Waals surface area contributed by atoms with Crippen LogP contribution in [-0.2, 0) is 22.2 Å². The number of hydroxylamine groups is 1. The Kier molecular flexibility index (Phi) is 5.95. The van der Waals surface area contributed by atoms with E-state index in [0.29, 0.717) is 5.56 Å². The molecule has 3 rings (SSSR count). The van der Waals surface area contributed by atoms with E-state index in [1.54, 1.807) is 29.7 Å². The number of amides is 2. The highest BCUT2D eigenvalue weighted by molar-refractivity contribution is 8.00. The first-order valence-corrected chi connectivity index (χ1v) is 9.44. The van der Waals surface area contributed by atoms with Crippen LogP contribution in [0.2, 0.25) is 0 Å².